The first-order valence-electron chi connectivity index (χ1n) is 6.39. The van der Waals surface area contributed by atoms with Gasteiger partial charge in [0.2, 0.25) is 0 Å². The van der Waals surface area contributed by atoms with Gasteiger partial charge >= 0.3 is 0 Å². The molecule has 0 radical (unpaired) electrons. The largest absolute Gasteiger partial charge is 0.376 e. The van der Waals surface area contributed by atoms with Crippen LogP contribution in [0.2, 0.25) is 0 Å². The first-order valence-corrected chi connectivity index (χ1v) is 7.54. The van der Waals surface area contributed by atoms with Gasteiger partial charge < -0.3 is 10.1 Å². The SMILES string of the molecule is C1CC(NC2CCSCC2)C(C2CC2)O1. The molecule has 1 saturated carbocycles. The minimum absolute atomic E-state index is 0.555. The minimum atomic E-state index is 0.555. The van der Waals surface area contributed by atoms with Crippen LogP contribution >= 0.6 is 11.8 Å². The molecule has 0 aromatic rings. The lowest BCUT2D eigenvalue weighted by Gasteiger charge is -2.28. The molecule has 3 rings (SSSR count). The first-order chi connectivity index (χ1) is 7.43. The lowest BCUT2D eigenvalue weighted by atomic mass is 10.0. The van der Waals surface area contributed by atoms with E-state index in [1.807, 2.05) is 0 Å². The van der Waals surface area contributed by atoms with Crippen LogP contribution in [0.15, 0.2) is 0 Å². The fourth-order valence-corrected chi connectivity index (χ4v) is 3.95. The minimum Gasteiger partial charge on any atom is -0.376 e. The number of rotatable bonds is 3. The third-order valence-corrected chi connectivity index (χ3v) is 4.94. The van der Waals surface area contributed by atoms with E-state index in [1.165, 1.54) is 43.6 Å². The topological polar surface area (TPSA) is 21.3 Å². The van der Waals surface area contributed by atoms with Crippen molar-refractivity contribution in [1.82, 2.24) is 5.32 Å². The van der Waals surface area contributed by atoms with E-state index in [1.54, 1.807) is 0 Å². The zero-order valence-corrected chi connectivity index (χ0v) is 10.1. The van der Waals surface area contributed by atoms with Gasteiger partial charge in [0.15, 0.2) is 0 Å². The van der Waals surface area contributed by atoms with Crippen LogP contribution in [-0.4, -0.2) is 36.3 Å². The Morgan fingerprint density at radius 2 is 1.80 bits per heavy atom. The summed E-state index contributed by atoms with van der Waals surface area (Å²) >= 11 is 2.10. The van der Waals surface area contributed by atoms with Gasteiger partial charge in [-0.15, -0.1) is 0 Å². The zero-order chi connectivity index (χ0) is 10.1. The summed E-state index contributed by atoms with van der Waals surface area (Å²) in [5.41, 5.74) is 0. The Balaban J connectivity index is 1.52. The van der Waals surface area contributed by atoms with Crippen LogP contribution in [0, 0.1) is 5.92 Å². The van der Waals surface area contributed by atoms with Crippen LogP contribution in [0.3, 0.4) is 0 Å². The third-order valence-electron chi connectivity index (χ3n) is 3.89. The monoisotopic (exact) mass is 227 g/mol. The second kappa shape index (κ2) is 4.64. The molecular formula is C12H21NOS. The van der Waals surface area contributed by atoms with Crippen molar-refractivity contribution < 1.29 is 4.74 Å². The van der Waals surface area contributed by atoms with E-state index in [-0.39, 0.29) is 0 Å². The quantitative estimate of drug-likeness (QED) is 0.797. The van der Waals surface area contributed by atoms with Gasteiger partial charge in [-0.1, -0.05) is 0 Å². The van der Waals surface area contributed by atoms with Crippen molar-refractivity contribution in [3.63, 3.8) is 0 Å². The van der Waals surface area contributed by atoms with Crippen LogP contribution in [0.1, 0.15) is 32.1 Å². The van der Waals surface area contributed by atoms with Gasteiger partial charge in [0, 0.05) is 18.7 Å². The van der Waals surface area contributed by atoms with E-state index in [0.717, 1.165) is 18.6 Å². The predicted octanol–water partition coefficient (Wildman–Crippen LogP) is 2.04. The molecule has 2 saturated heterocycles. The molecule has 3 fully saturated rings. The lowest BCUT2D eigenvalue weighted by Crippen LogP contribution is -2.45. The summed E-state index contributed by atoms with van der Waals surface area (Å²) in [4.78, 5) is 0. The van der Waals surface area contributed by atoms with Crippen molar-refractivity contribution in [2.45, 2.75) is 50.3 Å². The highest BCUT2D eigenvalue weighted by Crippen LogP contribution is 2.39. The summed E-state index contributed by atoms with van der Waals surface area (Å²) < 4.78 is 5.86. The average molecular weight is 227 g/mol. The number of ether oxygens (including phenoxy) is 1. The molecule has 2 unspecified atom stereocenters. The predicted molar refractivity (Wildman–Crippen MR) is 64.4 cm³/mol. The van der Waals surface area contributed by atoms with E-state index < -0.39 is 0 Å². The van der Waals surface area contributed by atoms with Gasteiger partial charge in [-0.2, -0.15) is 11.8 Å². The summed E-state index contributed by atoms with van der Waals surface area (Å²) in [7, 11) is 0. The average Bonchev–Trinajstić information content (AvgIpc) is 3.02. The van der Waals surface area contributed by atoms with Crippen molar-refractivity contribution in [2.75, 3.05) is 18.1 Å². The molecular weight excluding hydrogens is 206 g/mol. The molecule has 3 aliphatic rings. The summed E-state index contributed by atoms with van der Waals surface area (Å²) in [5.74, 6) is 3.58. The van der Waals surface area contributed by atoms with Crippen molar-refractivity contribution >= 4 is 11.8 Å². The Bertz CT molecular complexity index is 214. The Kier molecular flexibility index (Phi) is 3.23. The Labute approximate surface area is 96.5 Å². The Morgan fingerprint density at radius 1 is 1.00 bits per heavy atom. The highest BCUT2D eigenvalue weighted by molar-refractivity contribution is 7.99. The van der Waals surface area contributed by atoms with Crippen molar-refractivity contribution in [1.29, 1.82) is 0 Å². The molecule has 0 spiro atoms. The van der Waals surface area contributed by atoms with E-state index in [4.69, 9.17) is 4.74 Å². The van der Waals surface area contributed by atoms with Crippen molar-refractivity contribution in [3.05, 3.63) is 0 Å². The maximum atomic E-state index is 5.86. The van der Waals surface area contributed by atoms with Crippen molar-refractivity contribution in [3.8, 4) is 0 Å². The smallest absolute Gasteiger partial charge is 0.0757 e. The lowest BCUT2D eigenvalue weighted by molar-refractivity contribution is 0.0786. The summed E-state index contributed by atoms with van der Waals surface area (Å²) in [5, 5.41) is 3.85. The van der Waals surface area contributed by atoms with E-state index in [0.29, 0.717) is 12.1 Å². The number of nitrogens with one attached hydrogen (secondary N) is 1. The fourth-order valence-electron chi connectivity index (χ4n) is 2.85. The maximum Gasteiger partial charge on any atom is 0.0757 e. The van der Waals surface area contributed by atoms with Gasteiger partial charge in [0.1, 0.15) is 0 Å². The molecule has 1 aliphatic carbocycles. The molecule has 2 nitrogen and oxygen atoms in total. The molecule has 2 atom stereocenters. The molecule has 0 bridgehead atoms. The zero-order valence-electron chi connectivity index (χ0n) is 9.28. The Hall–Kier alpha value is 0.270. The molecule has 86 valence electrons. The van der Waals surface area contributed by atoms with Crippen LogP contribution < -0.4 is 5.32 Å². The van der Waals surface area contributed by atoms with E-state index in [9.17, 15) is 0 Å². The molecule has 0 amide bonds. The highest BCUT2D eigenvalue weighted by Gasteiger charge is 2.41. The van der Waals surface area contributed by atoms with Gasteiger partial charge in [0.05, 0.1) is 6.10 Å². The van der Waals surface area contributed by atoms with Gasteiger partial charge in [-0.05, 0) is 49.5 Å². The molecule has 1 N–H and O–H groups in total. The molecule has 3 heteroatoms. The third kappa shape index (κ3) is 2.51. The van der Waals surface area contributed by atoms with E-state index in [2.05, 4.69) is 17.1 Å². The summed E-state index contributed by atoms with van der Waals surface area (Å²) in [6.45, 7) is 0.986. The molecule has 15 heavy (non-hydrogen) atoms. The van der Waals surface area contributed by atoms with Gasteiger partial charge in [0.25, 0.3) is 0 Å². The van der Waals surface area contributed by atoms with Crippen LogP contribution in [0.4, 0.5) is 0 Å². The van der Waals surface area contributed by atoms with E-state index >= 15 is 0 Å². The molecule has 0 aromatic carbocycles. The second-order valence-corrected chi connectivity index (χ2v) is 6.35. The fraction of sp³-hybridized carbons (Fsp3) is 1.00. The number of hydrogen-bond acceptors (Lipinski definition) is 3. The maximum absolute atomic E-state index is 5.86. The standard InChI is InChI=1S/C12H21NOS/c1-2-9(1)12-11(3-6-14-12)13-10-4-7-15-8-5-10/h9-13H,1-8H2. The number of thioether (sulfide) groups is 1. The van der Waals surface area contributed by atoms with Crippen LogP contribution in [0.25, 0.3) is 0 Å². The van der Waals surface area contributed by atoms with Crippen LogP contribution in [0.5, 0.6) is 0 Å². The van der Waals surface area contributed by atoms with Crippen molar-refractivity contribution in [2.24, 2.45) is 5.92 Å². The van der Waals surface area contributed by atoms with Gasteiger partial charge in [-0.3, -0.25) is 0 Å². The van der Waals surface area contributed by atoms with Gasteiger partial charge in [-0.25, -0.2) is 0 Å². The molecule has 0 aromatic heterocycles. The Morgan fingerprint density at radius 3 is 2.53 bits per heavy atom. The number of hydrogen-bond donors (Lipinski definition) is 1. The summed E-state index contributed by atoms with van der Waals surface area (Å²) in [6.07, 6.45) is 7.33. The molecule has 2 aliphatic heterocycles. The molecule has 2 heterocycles. The highest BCUT2D eigenvalue weighted by atomic mass is 32.2. The van der Waals surface area contributed by atoms with Crippen LogP contribution in [-0.2, 0) is 4.74 Å². The first kappa shape index (κ1) is 10.4. The second-order valence-electron chi connectivity index (χ2n) is 5.12. The summed E-state index contributed by atoms with van der Waals surface area (Å²) in [6, 6.07) is 1.45. The normalized spacial score (nSPS) is 38.4.